The minimum atomic E-state index is -0.395. The quantitative estimate of drug-likeness (QED) is 0.789. The second-order valence-electron chi connectivity index (χ2n) is 5.75. The van der Waals surface area contributed by atoms with Crippen molar-refractivity contribution in [2.24, 2.45) is 0 Å². The molecule has 0 spiro atoms. The van der Waals surface area contributed by atoms with E-state index in [1.54, 1.807) is 0 Å². The van der Waals surface area contributed by atoms with Crippen LogP contribution >= 0.6 is 0 Å². The normalized spacial score (nSPS) is 25.1. The number of hydrogen-bond donors (Lipinski definition) is 1. The van der Waals surface area contributed by atoms with Gasteiger partial charge in [0, 0.05) is 12.6 Å². The number of nitrogens with zero attached hydrogens (tertiary/aromatic N) is 2. The molecular formula is C15H29N3. The van der Waals surface area contributed by atoms with Crippen LogP contribution in [0.4, 0.5) is 0 Å². The molecular weight excluding hydrogens is 222 g/mol. The summed E-state index contributed by atoms with van der Waals surface area (Å²) in [6, 6.07) is 3.14. The molecule has 2 atom stereocenters. The molecule has 0 saturated carbocycles. The average Bonchev–Trinajstić information content (AvgIpc) is 2.61. The molecule has 104 valence electrons. The Balaban J connectivity index is 2.62. The molecule has 1 heterocycles. The molecule has 0 aromatic heterocycles. The van der Waals surface area contributed by atoms with E-state index in [1.807, 2.05) is 6.92 Å². The van der Waals surface area contributed by atoms with Gasteiger partial charge >= 0.3 is 0 Å². The minimum Gasteiger partial charge on any atom is -0.299 e. The Labute approximate surface area is 113 Å². The molecule has 1 fully saturated rings. The summed E-state index contributed by atoms with van der Waals surface area (Å²) in [5.74, 6) is 0. The molecule has 3 heteroatoms. The zero-order valence-electron chi connectivity index (χ0n) is 12.3. The van der Waals surface area contributed by atoms with E-state index < -0.39 is 5.54 Å². The van der Waals surface area contributed by atoms with Gasteiger partial charge in [-0.05, 0) is 45.7 Å². The Kier molecular flexibility index (Phi) is 6.67. The third-order valence-corrected chi connectivity index (χ3v) is 4.00. The van der Waals surface area contributed by atoms with E-state index in [0.29, 0.717) is 6.04 Å². The smallest absolute Gasteiger partial charge is 0.116 e. The minimum absolute atomic E-state index is 0.395. The van der Waals surface area contributed by atoms with Gasteiger partial charge in [-0.1, -0.05) is 26.7 Å². The number of likely N-dealkylation sites (tertiary alicyclic amines) is 1. The first kappa shape index (κ1) is 15.5. The molecule has 0 bridgehead atoms. The maximum absolute atomic E-state index is 9.43. The first-order valence-electron chi connectivity index (χ1n) is 7.55. The summed E-state index contributed by atoms with van der Waals surface area (Å²) < 4.78 is 0. The van der Waals surface area contributed by atoms with Crippen LogP contribution in [0.3, 0.4) is 0 Å². The van der Waals surface area contributed by atoms with Crippen molar-refractivity contribution in [2.45, 2.75) is 70.9 Å². The third-order valence-electron chi connectivity index (χ3n) is 4.00. The molecule has 1 aliphatic heterocycles. The van der Waals surface area contributed by atoms with Gasteiger partial charge in [0.2, 0.25) is 0 Å². The molecule has 3 nitrogen and oxygen atoms in total. The van der Waals surface area contributed by atoms with Gasteiger partial charge in [0.15, 0.2) is 0 Å². The number of hydrogen-bond acceptors (Lipinski definition) is 3. The van der Waals surface area contributed by atoms with Crippen LogP contribution in [-0.4, -0.2) is 36.1 Å². The first-order valence-corrected chi connectivity index (χ1v) is 7.55. The van der Waals surface area contributed by atoms with Gasteiger partial charge < -0.3 is 0 Å². The Bertz CT molecular complexity index is 271. The topological polar surface area (TPSA) is 39.1 Å². The van der Waals surface area contributed by atoms with Crippen LogP contribution in [0.1, 0.15) is 59.3 Å². The summed E-state index contributed by atoms with van der Waals surface area (Å²) in [6.45, 7) is 9.40. The summed E-state index contributed by atoms with van der Waals surface area (Å²) in [6.07, 6.45) is 7.56. The van der Waals surface area contributed by atoms with E-state index in [0.717, 1.165) is 26.1 Å². The lowest BCUT2D eigenvalue weighted by molar-refractivity contribution is 0.159. The molecule has 0 aromatic carbocycles. The van der Waals surface area contributed by atoms with Gasteiger partial charge in [0.1, 0.15) is 5.54 Å². The van der Waals surface area contributed by atoms with Crippen molar-refractivity contribution in [3.63, 3.8) is 0 Å². The van der Waals surface area contributed by atoms with Crippen LogP contribution in [0.15, 0.2) is 0 Å². The van der Waals surface area contributed by atoms with Crippen molar-refractivity contribution >= 4 is 0 Å². The Morgan fingerprint density at radius 1 is 1.33 bits per heavy atom. The second kappa shape index (κ2) is 7.76. The van der Waals surface area contributed by atoms with Gasteiger partial charge in [-0.2, -0.15) is 5.26 Å². The lowest BCUT2D eigenvalue weighted by Gasteiger charge is -2.35. The fraction of sp³-hybridized carbons (Fsp3) is 0.933. The highest BCUT2D eigenvalue weighted by atomic mass is 15.2. The summed E-state index contributed by atoms with van der Waals surface area (Å²) in [5, 5.41) is 12.8. The molecule has 1 aliphatic rings. The zero-order valence-corrected chi connectivity index (χ0v) is 12.3. The van der Waals surface area contributed by atoms with Crippen molar-refractivity contribution in [3.8, 4) is 6.07 Å². The van der Waals surface area contributed by atoms with Gasteiger partial charge in [-0.25, -0.2) is 0 Å². The standard InChI is InChI=1S/C15H29N3/c1-4-10-17-15(3,12-16)13-18-11-8-6-7-9-14(18)5-2/h14,17H,4-11,13H2,1-3H3. The van der Waals surface area contributed by atoms with E-state index in [1.165, 1.54) is 32.1 Å². The Morgan fingerprint density at radius 3 is 2.72 bits per heavy atom. The van der Waals surface area contributed by atoms with Crippen molar-refractivity contribution < 1.29 is 0 Å². The van der Waals surface area contributed by atoms with Gasteiger partial charge in [-0.15, -0.1) is 0 Å². The Morgan fingerprint density at radius 2 is 2.11 bits per heavy atom. The molecule has 1 N–H and O–H groups in total. The number of rotatable bonds is 6. The molecule has 18 heavy (non-hydrogen) atoms. The van der Waals surface area contributed by atoms with E-state index in [9.17, 15) is 5.26 Å². The zero-order chi connectivity index (χ0) is 13.4. The van der Waals surface area contributed by atoms with Crippen molar-refractivity contribution in [1.29, 1.82) is 5.26 Å². The highest BCUT2D eigenvalue weighted by molar-refractivity contribution is 5.06. The van der Waals surface area contributed by atoms with E-state index in [-0.39, 0.29) is 0 Å². The van der Waals surface area contributed by atoms with Crippen molar-refractivity contribution in [2.75, 3.05) is 19.6 Å². The van der Waals surface area contributed by atoms with Gasteiger partial charge in [0.05, 0.1) is 6.07 Å². The molecule has 2 unspecified atom stereocenters. The summed E-state index contributed by atoms with van der Waals surface area (Å²) >= 11 is 0. The predicted molar refractivity (Wildman–Crippen MR) is 76.4 cm³/mol. The monoisotopic (exact) mass is 251 g/mol. The SMILES string of the molecule is CCCNC(C)(C#N)CN1CCCCCC1CC. The van der Waals surface area contributed by atoms with Gasteiger partial charge in [-0.3, -0.25) is 10.2 Å². The molecule has 0 aromatic rings. The van der Waals surface area contributed by atoms with Crippen LogP contribution in [0.5, 0.6) is 0 Å². The second-order valence-corrected chi connectivity index (χ2v) is 5.75. The van der Waals surface area contributed by atoms with Crippen molar-refractivity contribution in [3.05, 3.63) is 0 Å². The van der Waals surface area contributed by atoms with E-state index in [4.69, 9.17) is 0 Å². The molecule has 1 rings (SSSR count). The summed E-state index contributed by atoms with van der Waals surface area (Å²) in [4.78, 5) is 2.54. The highest BCUT2D eigenvalue weighted by Gasteiger charge is 2.29. The lowest BCUT2D eigenvalue weighted by Crippen LogP contribution is -2.53. The fourth-order valence-corrected chi connectivity index (χ4v) is 2.85. The fourth-order valence-electron chi connectivity index (χ4n) is 2.85. The molecule has 1 saturated heterocycles. The maximum atomic E-state index is 9.43. The lowest BCUT2D eigenvalue weighted by atomic mass is 10.0. The number of nitriles is 1. The average molecular weight is 251 g/mol. The van der Waals surface area contributed by atoms with Gasteiger partial charge in [0.25, 0.3) is 0 Å². The maximum Gasteiger partial charge on any atom is 0.116 e. The van der Waals surface area contributed by atoms with Crippen LogP contribution < -0.4 is 5.32 Å². The molecule has 0 radical (unpaired) electrons. The predicted octanol–water partition coefficient (Wildman–Crippen LogP) is 2.92. The third kappa shape index (κ3) is 4.59. The van der Waals surface area contributed by atoms with Crippen LogP contribution in [0, 0.1) is 11.3 Å². The van der Waals surface area contributed by atoms with Crippen LogP contribution in [-0.2, 0) is 0 Å². The van der Waals surface area contributed by atoms with Crippen LogP contribution in [0.2, 0.25) is 0 Å². The van der Waals surface area contributed by atoms with E-state index in [2.05, 4.69) is 30.1 Å². The highest BCUT2D eigenvalue weighted by Crippen LogP contribution is 2.21. The largest absolute Gasteiger partial charge is 0.299 e. The first-order chi connectivity index (χ1) is 8.65. The molecule has 0 aliphatic carbocycles. The van der Waals surface area contributed by atoms with E-state index >= 15 is 0 Å². The number of nitrogens with one attached hydrogen (secondary N) is 1. The summed E-state index contributed by atoms with van der Waals surface area (Å²) in [5.41, 5.74) is -0.395. The summed E-state index contributed by atoms with van der Waals surface area (Å²) in [7, 11) is 0. The van der Waals surface area contributed by atoms with Crippen molar-refractivity contribution in [1.82, 2.24) is 10.2 Å². The molecule has 0 amide bonds. The Hall–Kier alpha value is -0.590. The van der Waals surface area contributed by atoms with Crippen LogP contribution in [0.25, 0.3) is 0 Å².